The Morgan fingerprint density at radius 3 is 2.96 bits per heavy atom. The summed E-state index contributed by atoms with van der Waals surface area (Å²) < 4.78 is 11.1. The van der Waals surface area contributed by atoms with Crippen molar-refractivity contribution in [3.05, 3.63) is 60.3 Å². The minimum atomic E-state index is 0.343. The van der Waals surface area contributed by atoms with Gasteiger partial charge in [-0.15, -0.1) is 10.2 Å². The van der Waals surface area contributed by atoms with Crippen molar-refractivity contribution in [1.29, 1.82) is 0 Å². The highest BCUT2D eigenvalue weighted by molar-refractivity contribution is 5.80. The van der Waals surface area contributed by atoms with Gasteiger partial charge < -0.3 is 13.8 Å². The van der Waals surface area contributed by atoms with Crippen LogP contribution in [0.3, 0.4) is 0 Å². The van der Waals surface area contributed by atoms with E-state index in [2.05, 4.69) is 50.4 Å². The Bertz CT molecular complexity index is 969. The van der Waals surface area contributed by atoms with Gasteiger partial charge in [0.05, 0.1) is 18.8 Å². The number of aromatic amines is 1. The summed E-state index contributed by atoms with van der Waals surface area (Å²) >= 11 is 0. The number of aromatic nitrogens is 3. The molecule has 0 radical (unpaired) electrons. The van der Waals surface area contributed by atoms with Crippen LogP contribution in [0.15, 0.2) is 57.6 Å². The number of H-pyrrole nitrogens is 1. The molecule has 1 saturated heterocycles. The second kappa shape index (κ2) is 6.46. The molecule has 0 unspecified atom stereocenters. The van der Waals surface area contributed by atoms with Crippen LogP contribution < -0.4 is 0 Å². The van der Waals surface area contributed by atoms with Crippen molar-refractivity contribution in [1.82, 2.24) is 20.1 Å². The molecule has 4 heterocycles. The van der Waals surface area contributed by atoms with Crippen LogP contribution in [-0.2, 0) is 6.54 Å². The van der Waals surface area contributed by atoms with Crippen LogP contribution >= 0.6 is 0 Å². The zero-order chi connectivity index (χ0) is 17.3. The van der Waals surface area contributed by atoms with Crippen LogP contribution in [0, 0.1) is 0 Å². The summed E-state index contributed by atoms with van der Waals surface area (Å²) in [6.45, 7) is 1.67. The Hall–Kier alpha value is -2.86. The van der Waals surface area contributed by atoms with E-state index in [1.807, 2.05) is 12.1 Å². The molecule has 0 spiro atoms. The molecule has 6 heteroatoms. The molecule has 0 saturated carbocycles. The number of benzene rings is 1. The lowest BCUT2D eigenvalue weighted by molar-refractivity contribution is 0.125. The molecule has 1 aliphatic heterocycles. The van der Waals surface area contributed by atoms with E-state index in [0.717, 1.165) is 13.0 Å². The minimum Gasteiger partial charge on any atom is -0.459 e. The second-order valence-corrected chi connectivity index (χ2v) is 6.77. The lowest BCUT2D eigenvalue weighted by atomic mass is 9.99. The van der Waals surface area contributed by atoms with Crippen LogP contribution in [0.2, 0.25) is 0 Å². The van der Waals surface area contributed by atoms with Gasteiger partial charge in [0.15, 0.2) is 5.76 Å². The van der Waals surface area contributed by atoms with Gasteiger partial charge >= 0.3 is 0 Å². The van der Waals surface area contributed by atoms with Crippen molar-refractivity contribution in [3.8, 4) is 11.7 Å². The van der Waals surface area contributed by atoms with E-state index in [1.54, 1.807) is 6.26 Å². The monoisotopic (exact) mass is 348 g/mol. The van der Waals surface area contributed by atoms with Gasteiger partial charge in [0.25, 0.3) is 5.89 Å². The maximum absolute atomic E-state index is 5.81. The molecule has 1 fully saturated rings. The summed E-state index contributed by atoms with van der Waals surface area (Å²) in [7, 11) is 0. The Morgan fingerprint density at radius 1 is 1.12 bits per heavy atom. The quantitative estimate of drug-likeness (QED) is 0.586. The average molecular weight is 348 g/mol. The van der Waals surface area contributed by atoms with Gasteiger partial charge in [-0.2, -0.15) is 0 Å². The average Bonchev–Trinajstić information content (AvgIpc) is 3.42. The third-order valence-electron chi connectivity index (χ3n) is 5.06. The molecular formula is C20H20N4O2. The normalized spacial score (nSPS) is 18.5. The van der Waals surface area contributed by atoms with E-state index in [-0.39, 0.29) is 0 Å². The van der Waals surface area contributed by atoms with Crippen LogP contribution in [0.1, 0.15) is 36.9 Å². The summed E-state index contributed by atoms with van der Waals surface area (Å²) in [6.07, 6.45) is 5.16. The lowest BCUT2D eigenvalue weighted by Crippen LogP contribution is -2.33. The van der Waals surface area contributed by atoms with Gasteiger partial charge in [0.1, 0.15) is 0 Å². The number of furan rings is 1. The largest absolute Gasteiger partial charge is 0.459 e. The van der Waals surface area contributed by atoms with E-state index in [0.29, 0.717) is 30.1 Å². The van der Waals surface area contributed by atoms with Gasteiger partial charge in [0, 0.05) is 11.2 Å². The Morgan fingerprint density at radius 2 is 2.08 bits per heavy atom. The van der Waals surface area contributed by atoms with Gasteiger partial charge in [-0.05, 0) is 49.0 Å². The summed E-state index contributed by atoms with van der Waals surface area (Å²) in [5, 5.41) is 9.58. The molecule has 1 N–H and O–H groups in total. The van der Waals surface area contributed by atoms with Crippen LogP contribution in [-0.4, -0.2) is 26.6 Å². The van der Waals surface area contributed by atoms with Crippen molar-refractivity contribution >= 4 is 10.9 Å². The molecule has 1 atom stereocenters. The summed E-state index contributed by atoms with van der Waals surface area (Å²) in [5.41, 5.74) is 2.45. The molecule has 0 amide bonds. The topological polar surface area (TPSA) is 71.1 Å². The number of nitrogens with zero attached hydrogens (tertiary/aromatic N) is 3. The lowest BCUT2D eigenvalue weighted by Gasteiger charge is -2.34. The molecule has 1 aliphatic rings. The predicted octanol–water partition coefficient (Wildman–Crippen LogP) is 4.54. The molecule has 3 aromatic heterocycles. The van der Waals surface area contributed by atoms with Gasteiger partial charge in [-0.3, -0.25) is 4.90 Å². The van der Waals surface area contributed by atoms with Crippen molar-refractivity contribution in [2.45, 2.75) is 31.8 Å². The van der Waals surface area contributed by atoms with Crippen molar-refractivity contribution in [2.75, 3.05) is 6.54 Å². The standard InChI is InChI=1S/C20H20N4O2/c1-2-7-15-14(6-1)12-16(21-15)17-8-3-4-10-24(17)13-19-22-23-20(26-19)18-9-5-11-25-18/h1-2,5-7,9,11-12,17,21H,3-4,8,10,13H2/t17-/m1/s1. The number of likely N-dealkylation sites (tertiary alicyclic amines) is 1. The van der Waals surface area contributed by atoms with Crippen LogP contribution in [0.25, 0.3) is 22.6 Å². The molecule has 5 rings (SSSR count). The fourth-order valence-electron chi connectivity index (χ4n) is 3.80. The zero-order valence-electron chi connectivity index (χ0n) is 14.4. The fourth-order valence-corrected chi connectivity index (χ4v) is 3.80. The minimum absolute atomic E-state index is 0.343. The maximum atomic E-state index is 5.81. The zero-order valence-corrected chi connectivity index (χ0v) is 14.4. The molecule has 0 aliphatic carbocycles. The van der Waals surface area contributed by atoms with E-state index in [9.17, 15) is 0 Å². The first-order valence-electron chi connectivity index (χ1n) is 9.05. The Balaban J connectivity index is 1.39. The first kappa shape index (κ1) is 15.4. The predicted molar refractivity (Wildman–Crippen MR) is 97.3 cm³/mol. The number of hydrogen-bond acceptors (Lipinski definition) is 5. The van der Waals surface area contributed by atoms with E-state index in [1.165, 1.54) is 29.4 Å². The molecule has 4 aromatic rings. The summed E-state index contributed by atoms with van der Waals surface area (Å²) in [5.74, 6) is 1.66. The third kappa shape index (κ3) is 2.82. The van der Waals surface area contributed by atoms with Gasteiger partial charge in [-0.25, -0.2) is 0 Å². The maximum Gasteiger partial charge on any atom is 0.283 e. The van der Waals surface area contributed by atoms with Gasteiger partial charge in [-0.1, -0.05) is 24.6 Å². The number of piperidine rings is 1. The summed E-state index contributed by atoms with van der Waals surface area (Å²) in [4.78, 5) is 6.01. The van der Waals surface area contributed by atoms with E-state index >= 15 is 0 Å². The molecule has 26 heavy (non-hydrogen) atoms. The van der Waals surface area contributed by atoms with E-state index < -0.39 is 0 Å². The van der Waals surface area contributed by atoms with Crippen molar-refractivity contribution < 1.29 is 8.83 Å². The molecule has 1 aromatic carbocycles. The first-order chi connectivity index (χ1) is 12.9. The second-order valence-electron chi connectivity index (χ2n) is 6.77. The Kier molecular flexibility index (Phi) is 3.83. The number of para-hydroxylation sites is 1. The molecule has 132 valence electrons. The van der Waals surface area contributed by atoms with Crippen molar-refractivity contribution in [3.63, 3.8) is 0 Å². The van der Waals surface area contributed by atoms with Crippen LogP contribution in [0.4, 0.5) is 0 Å². The number of fused-ring (bicyclic) bond motifs is 1. The molecule has 0 bridgehead atoms. The highest BCUT2D eigenvalue weighted by Crippen LogP contribution is 2.33. The highest BCUT2D eigenvalue weighted by atomic mass is 16.4. The van der Waals surface area contributed by atoms with Gasteiger partial charge in [0.2, 0.25) is 5.89 Å². The highest BCUT2D eigenvalue weighted by Gasteiger charge is 2.27. The Labute approximate surface area is 150 Å². The smallest absolute Gasteiger partial charge is 0.283 e. The molecule has 6 nitrogen and oxygen atoms in total. The first-order valence-corrected chi connectivity index (χ1v) is 9.05. The number of nitrogens with one attached hydrogen (secondary N) is 1. The number of rotatable bonds is 4. The number of hydrogen-bond donors (Lipinski definition) is 1. The van der Waals surface area contributed by atoms with Crippen LogP contribution in [0.5, 0.6) is 0 Å². The fraction of sp³-hybridized carbons (Fsp3) is 0.300. The molecular weight excluding hydrogens is 328 g/mol. The van der Waals surface area contributed by atoms with E-state index in [4.69, 9.17) is 8.83 Å². The SMILES string of the molecule is c1coc(-c2nnc(CN3CCCC[C@@H]3c3cc4ccccc4[nH]3)o2)c1. The summed E-state index contributed by atoms with van der Waals surface area (Å²) in [6, 6.07) is 14.7. The van der Waals surface area contributed by atoms with Crippen molar-refractivity contribution in [2.24, 2.45) is 0 Å². The third-order valence-corrected chi connectivity index (χ3v) is 5.06.